The Bertz CT molecular complexity index is 369. The SMILES string of the molecule is CCc1c(CNC(C)C)cccc1C(F)(F)F. The highest BCUT2D eigenvalue weighted by Crippen LogP contribution is 2.33. The topological polar surface area (TPSA) is 12.0 Å². The number of alkyl halides is 3. The Balaban J connectivity index is 3.06. The lowest BCUT2D eigenvalue weighted by Crippen LogP contribution is -2.23. The van der Waals surface area contributed by atoms with Crippen LogP contribution in [0.1, 0.15) is 37.5 Å². The quantitative estimate of drug-likeness (QED) is 0.851. The van der Waals surface area contributed by atoms with Crippen LogP contribution in [0.3, 0.4) is 0 Å². The van der Waals surface area contributed by atoms with Crippen LogP contribution in [-0.2, 0) is 19.1 Å². The molecule has 1 aromatic rings. The Hall–Kier alpha value is -1.03. The summed E-state index contributed by atoms with van der Waals surface area (Å²) in [6.45, 7) is 6.17. The lowest BCUT2D eigenvalue weighted by Gasteiger charge is -2.17. The van der Waals surface area contributed by atoms with Crippen LogP contribution in [-0.4, -0.2) is 6.04 Å². The summed E-state index contributed by atoms with van der Waals surface area (Å²) in [5.74, 6) is 0. The molecule has 1 nitrogen and oxygen atoms in total. The zero-order valence-corrected chi connectivity index (χ0v) is 10.4. The van der Waals surface area contributed by atoms with Crippen LogP contribution >= 0.6 is 0 Å². The Kier molecular flexibility index (Phi) is 4.57. The van der Waals surface area contributed by atoms with E-state index in [2.05, 4.69) is 5.32 Å². The van der Waals surface area contributed by atoms with Crippen molar-refractivity contribution in [3.05, 3.63) is 34.9 Å². The van der Waals surface area contributed by atoms with Crippen LogP contribution in [0.2, 0.25) is 0 Å². The van der Waals surface area contributed by atoms with E-state index in [1.807, 2.05) is 13.8 Å². The van der Waals surface area contributed by atoms with E-state index in [9.17, 15) is 13.2 Å². The predicted molar refractivity (Wildman–Crippen MR) is 62.8 cm³/mol. The fourth-order valence-corrected chi connectivity index (χ4v) is 1.80. The standard InChI is InChI=1S/C13H18F3N/c1-4-11-10(8-17-9(2)3)6-5-7-12(11)13(14,15)16/h5-7,9,17H,4,8H2,1-3H3. The molecule has 0 saturated carbocycles. The number of benzene rings is 1. The van der Waals surface area contributed by atoms with E-state index < -0.39 is 11.7 Å². The van der Waals surface area contributed by atoms with Gasteiger partial charge in [-0.1, -0.05) is 32.9 Å². The molecule has 0 unspecified atom stereocenters. The van der Waals surface area contributed by atoms with Gasteiger partial charge in [0.1, 0.15) is 0 Å². The maximum Gasteiger partial charge on any atom is 0.416 e. The zero-order chi connectivity index (χ0) is 13.1. The first-order valence-electron chi connectivity index (χ1n) is 5.77. The number of rotatable bonds is 4. The van der Waals surface area contributed by atoms with Crippen LogP contribution < -0.4 is 5.32 Å². The first-order valence-corrected chi connectivity index (χ1v) is 5.77. The van der Waals surface area contributed by atoms with Gasteiger partial charge >= 0.3 is 6.18 Å². The minimum absolute atomic E-state index is 0.259. The Morgan fingerprint density at radius 1 is 1.24 bits per heavy atom. The molecule has 0 amide bonds. The lowest BCUT2D eigenvalue weighted by molar-refractivity contribution is -0.138. The monoisotopic (exact) mass is 245 g/mol. The van der Waals surface area contributed by atoms with Gasteiger partial charge in [-0.3, -0.25) is 0 Å². The number of halogens is 3. The van der Waals surface area contributed by atoms with Crippen LogP contribution in [0.15, 0.2) is 18.2 Å². The molecule has 0 spiro atoms. The van der Waals surface area contributed by atoms with Gasteiger partial charge in [0, 0.05) is 12.6 Å². The van der Waals surface area contributed by atoms with E-state index in [1.165, 1.54) is 6.07 Å². The smallest absolute Gasteiger partial charge is 0.310 e. The van der Waals surface area contributed by atoms with E-state index in [4.69, 9.17) is 0 Å². The average molecular weight is 245 g/mol. The summed E-state index contributed by atoms with van der Waals surface area (Å²) >= 11 is 0. The van der Waals surface area contributed by atoms with E-state index >= 15 is 0 Å². The molecule has 1 aromatic carbocycles. The van der Waals surface area contributed by atoms with Gasteiger partial charge in [-0.2, -0.15) is 13.2 Å². The third-order valence-electron chi connectivity index (χ3n) is 2.63. The van der Waals surface area contributed by atoms with Gasteiger partial charge in [0.05, 0.1) is 5.56 Å². The molecule has 0 heterocycles. The first-order chi connectivity index (χ1) is 7.86. The molecule has 0 aromatic heterocycles. The number of hydrogen-bond donors (Lipinski definition) is 1. The summed E-state index contributed by atoms with van der Waals surface area (Å²) in [5.41, 5.74) is 0.618. The van der Waals surface area contributed by atoms with E-state index in [0.717, 1.165) is 11.6 Å². The second kappa shape index (κ2) is 5.54. The highest BCUT2D eigenvalue weighted by molar-refractivity contribution is 5.37. The second-order valence-electron chi connectivity index (χ2n) is 4.33. The minimum Gasteiger partial charge on any atom is -0.310 e. The molecule has 0 atom stereocenters. The summed E-state index contributed by atoms with van der Waals surface area (Å²) in [5, 5.41) is 3.15. The Labute approximate surface area is 100 Å². The normalized spacial score (nSPS) is 12.2. The second-order valence-corrected chi connectivity index (χ2v) is 4.33. The van der Waals surface area contributed by atoms with Gasteiger partial charge in [0.15, 0.2) is 0 Å². The average Bonchev–Trinajstić information content (AvgIpc) is 2.24. The fraction of sp³-hybridized carbons (Fsp3) is 0.538. The fourth-order valence-electron chi connectivity index (χ4n) is 1.80. The first kappa shape index (κ1) is 14.0. The molecule has 0 aliphatic heterocycles. The van der Waals surface area contributed by atoms with Crippen molar-refractivity contribution in [1.82, 2.24) is 5.32 Å². The molecule has 0 saturated heterocycles. The van der Waals surface area contributed by atoms with Crippen LogP contribution in [0, 0.1) is 0 Å². The molecule has 0 bridgehead atoms. The molecule has 0 radical (unpaired) electrons. The molecule has 96 valence electrons. The van der Waals surface area contributed by atoms with Crippen molar-refractivity contribution in [2.24, 2.45) is 0 Å². The van der Waals surface area contributed by atoms with Crippen molar-refractivity contribution in [3.8, 4) is 0 Å². The van der Waals surface area contributed by atoms with Crippen LogP contribution in [0.4, 0.5) is 13.2 Å². The third kappa shape index (κ3) is 3.73. The van der Waals surface area contributed by atoms with Crippen molar-refractivity contribution in [3.63, 3.8) is 0 Å². The van der Waals surface area contributed by atoms with Gasteiger partial charge < -0.3 is 5.32 Å². The molecule has 1 rings (SSSR count). The Morgan fingerprint density at radius 2 is 1.88 bits per heavy atom. The molecule has 0 aliphatic carbocycles. The summed E-state index contributed by atoms with van der Waals surface area (Å²) in [7, 11) is 0. The van der Waals surface area contributed by atoms with E-state index in [0.29, 0.717) is 18.5 Å². The van der Waals surface area contributed by atoms with E-state index in [1.54, 1.807) is 13.0 Å². The molecule has 1 N–H and O–H groups in total. The summed E-state index contributed by atoms with van der Waals surface area (Å²) < 4.78 is 38.4. The van der Waals surface area contributed by atoms with Crippen molar-refractivity contribution in [1.29, 1.82) is 0 Å². The van der Waals surface area contributed by atoms with Gasteiger partial charge in [0.2, 0.25) is 0 Å². The summed E-state index contributed by atoms with van der Waals surface area (Å²) in [6, 6.07) is 4.63. The van der Waals surface area contributed by atoms with Gasteiger partial charge in [0.25, 0.3) is 0 Å². The maximum absolute atomic E-state index is 12.8. The lowest BCUT2D eigenvalue weighted by atomic mass is 9.98. The van der Waals surface area contributed by atoms with Crippen molar-refractivity contribution in [2.45, 2.75) is 46.0 Å². The number of hydrogen-bond acceptors (Lipinski definition) is 1. The molecule has 0 fully saturated rings. The summed E-state index contributed by atoms with van der Waals surface area (Å²) in [6.07, 6.45) is -3.87. The van der Waals surface area contributed by atoms with E-state index in [-0.39, 0.29) is 6.04 Å². The van der Waals surface area contributed by atoms with Gasteiger partial charge in [-0.05, 0) is 23.6 Å². The van der Waals surface area contributed by atoms with Crippen LogP contribution in [0.25, 0.3) is 0 Å². The molecular formula is C13H18F3N. The molecule has 17 heavy (non-hydrogen) atoms. The van der Waals surface area contributed by atoms with Crippen molar-refractivity contribution >= 4 is 0 Å². The minimum atomic E-state index is -4.26. The largest absolute Gasteiger partial charge is 0.416 e. The highest BCUT2D eigenvalue weighted by atomic mass is 19.4. The van der Waals surface area contributed by atoms with Gasteiger partial charge in [-0.25, -0.2) is 0 Å². The predicted octanol–water partition coefficient (Wildman–Crippen LogP) is 3.77. The van der Waals surface area contributed by atoms with Crippen molar-refractivity contribution < 1.29 is 13.2 Å². The maximum atomic E-state index is 12.8. The Morgan fingerprint density at radius 3 is 2.35 bits per heavy atom. The summed E-state index contributed by atoms with van der Waals surface area (Å²) in [4.78, 5) is 0. The van der Waals surface area contributed by atoms with Gasteiger partial charge in [-0.15, -0.1) is 0 Å². The highest BCUT2D eigenvalue weighted by Gasteiger charge is 2.33. The number of nitrogens with one attached hydrogen (secondary N) is 1. The molecule has 4 heteroatoms. The molecular weight excluding hydrogens is 227 g/mol. The third-order valence-corrected chi connectivity index (χ3v) is 2.63. The molecule has 0 aliphatic rings. The van der Waals surface area contributed by atoms with Crippen LogP contribution in [0.5, 0.6) is 0 Å². The zero-order valence-electron chi connectivity index (χ0n) is 10.4. The van der Waals surface area contributed by atoms with Crippen molar-refractivity contribution in [2.75, 3.05) is 0 Å².